The van der Waals surface area contributed by atoms with Crippen molar-refractivity contribution in [3.8, 4) is 0 Å². The van der Waals surface area contributed by atoms with Crippen LogP contribution < -0.4 is 5.32 Å². The summed E-state index contributed by atoms with van der Waals surface area (Å²) in [5, 5.41) is 13.1. The maximum absolute atomic E-state index is 12.4. The molecule has 0 heterocycles. The number of benzene rings is 2. The van der Waals surface area contributed by atoms with Crippen molar-refractivity contribution in [2.24, 2.45) is 0 Å². The summed E-state index contributed by atoms with van der Waals surface area (Å²) in [5.74, 6) is -1.27. The molecule has 0 saturated carbocycles. The number of nitrogens with one attached hydrogen (secondary N) is 1. The molecular weight excluding hydrogens is 334 g/mol. The van der Waals surface area contributed by atoms with E-state index in [-0.39, 0.29) is 6.42 Å². The summed E-state index contributed by atoms with van der Waals surface area (Å²) in [4.78, 5) is 24.7. The zero-order valence-corrected chi connectivity index (χ0v) is 12.6. The number of carbonyl (C=O) groups excluding carboxylic acids is 2. The van der Waals surface area contributed by atoms with Crippen LogP contribution in [-0.2, 0) is 11.2 Å². The first kappa shape index (κ1) is 14.0. The van der Waals surface area contributed by atoms with Crippen LogP contribution in [0, 0.1) is 0 Å². The molecule has 5 heteroatoms. The van der Waals surface area contributed by atoms with Gasteiger partial charge in [-0.1, -0.05) is 46.3 Å². The van der Waals surface area contributed by atoms with Gasteiger partial charge in [0.2, 0.25) is 11.4 Å². The number of hydrogen-bond acceptors (Lipinski definition) is 3. The van der Waals surface area contributed by atoms with Crippen LogP contribution in [0.4, 0.5) is 5.69 Å². The molecule has 21 heavy (non-hydrogen) atoms. The Morgan fingerprint density at radius 1 is 1.14 bits per heavy atom. The number of carbonyl (C=O) groups is 2. The Morgan fingerprint density at radius 2 is 1.86 bits per heavy atom. The second-order valence-electron chi connectivity index (χ2n) is 4.95. The molecule has 3 rings (SSSR count). The molecule has 0 radical (unpaired) electrons. The van der Waals surface area contributed by atoms with Crippen LogP contribution in [-0.4, -0.2) is 22.4 Å². The molecule has 1 aliphatic carbocycles. The standard InChI is InChI=1S/C16H12BrNO3/c17-13-8-4-7-11-12(13)9-16(21,14(11)19)15(20)18-10-5-2-1-3-6-10/h1-8,21H,9H2,(H,18,20)/t16-/m1/s1. The lowest BCUT2D eigenvalue weighted by Crippen LogP contribution is -2.48. The topological polar surface area (TPSA) is 66.4 Å². The maximum Gasteiger partial charge on any atom is 0.264 e. The Hall–Kier alpha value is -1.98. The van der Waals surface area contributed by atoms with Gasteiger partial charge in [-0.25, -0.2) is 0 Å². The van der Waals surface area contributed by atoms with E-state index in [4.69, 9.17) is 0 Å². The Kier molecular flexibility index (Phi) is 3.39. The molecule has 0 unspecified atom stereocenters. The second kappa shape index (κ2) is 5.09. The highest BCUT2D eigenvalue weighted by Gasteiger charge is 2.50. The molecule has 1 atom stereocenters. The third-order valence-electron chi connectivity index (χ3n) is 3.58. The van der Waals surface area contributed by atoms with E-state index in [1.807, 2.05) is 6.07 Å². The predicted octanol–water partition coefficient (Wildman–Crippen LogP) is 2.56. The summed E-state index contributed by atoms with van der Waals surface area (Å²) in [6, 6.07) is 13.9. The highest BCUT2D eigenvalue weighted by Crippen LogP contribution is 2.35. The molecule has 0 bridgehead atoms. The van der Waals surface area contributed by atoms with Crippen molar-refractivity contribution < 1.29 is 14.7 Å². The first-order chi connectivity index (χ1) is 10.0. The van der Waals surface area contributed by atoms with Crippen molar-refractivity contribution in [3.05, 3.63) is 64.1 Å². The number of hydrogen-bond donors (Lipinski definition) is 2. The fraction of sp³-hybridized carbons (Fsp3) is 0.125. The highest BCUT2D eigenvalue weighted by atomic mass is 79.9. The van der Waals surface area contributed by atoms with E-state index in [1.165, 1.54) is 0 Å². The van der Waals surface area contributed by atoms with Gasteiger partial charge in [-0.3, -0.25) is 9.59 Å². The summed E-state index contributed by atoms with van der Waals surface area (Å²) in [6.45, 7) is 0. The van der Waals surface area contributed by atoms with Gasteiger partial charge in [0, 0.05) is 22.1 Å². The monoisotopic (exact) mass is 345 g/mol. The third kappa shape index (κ3) is 2.28. The Labute approximate surface area is 129 Å². The van der Waals surface area contributed by atoms with Crippen molar-refractivity contribution in [2.45, 2.75) is 12.0 Å². The number of rotatable bonds is 2. The molecule has 106 valence electrons. The Bertz CT molecular complexity index is 730. The van der Waals surface area contributed by atoms with Crippen molar-refractivity contribution in [2.75, 3.05) is 5.32 Å². The van der Waals surface area contributed by atoms with Crippen LogP contribution in [0.1, 0.15) is 15.9 Å². The fourth-order valence-electron chi connectivity index (χ4n) is 2.45. The fourth-order valence-corrected chi connectivity index (χ4v) is 2.96. The summed E-state index contributed by atoms with van der Waals surface area (Å²) >= 11 is 3.35. The quantitative estimate of drug-likeness (QED) is 0.822. The van der Waals surface area contributed by atoms with Crippen LogP contribution in [0.2, 0.25) is 0 Å². The molecule has 1 amide bonds. The SMILES string of the molecule is O=C(Nc1ccccc1)[C@@]1(O)Cc2c(Br)cccc2C1=O. The van der Waals surface area contributed by atoms with Gasteiger partial charge in [0.1, 0.15) is 0 Å². The van der Waals surface area contributed by atoms with Gasteiger partial charge >= 0.3 is 0 Å². The average molecular weight is 346 g/mol. The molecule has 2 N–H and O–H groups in total. The van der Waals surface area contributed by atoms with Crippen LogP contribution in [0.25, 0.3) is 0 Å². The average Bonchev–Trinajstić information content (AvgIpc) is 2.75. The summed E-state index contributed by atoms with van der Waals surface area (Å²) in [7, 11) is 0. The minimum Gasteiger partial charge on any atom is -0.373 e. The minimum atomic E-state index is -2.05. The summed E-state index contributed by atoms with van der Waals surface area (Å²) in [5.41, 5.74) is -0.468. The molecule has 0 aromatic heterocycles. The number of ketones is 1. The van der Waals surface area contributed by atoms with Gasteiger partial charge in [-0.15, -0.1) is 0 Å². The molecular formula is C16H12BrNO3. The highest BCUT2D eigenvalue weighted by molar-refractivity contribution is 9.10. The first-order valence-electron chi connectivity index (χ1n) is 6.43. The zero-order valence-electron chi connectivity index (χ0n) is 11.0. The normalized spacial score (nSPS) is 20.2. The molecule has 0 spiro atoms. The summed E-state index contributed by atoms with van der Waals surface area (Å²) in [6.07, 6.45) is -0.0265. The van der Waals surface area contributed by atoms with Crippen LogP contribution in [0.3, 0.4) is 0 Å². The number of fused-ring (bicyclic) bond motifs is 1. The van der Waals surface area contributed by atoms with E-state index in [2.05, 4.69) is 21.2 Å². The number of Topliss-reactive ketones (excluding diaryl/α,β-unsaturated/α-hetero) is 1. The van der Waals surface area contributed by atoms with Crippen LogP contribution in [0.5, 0.6) is 0 Å². The number of amides is 1. The van der Waals surface area contributed by atoms with E-state index in [9.17, 15) is 14.7 Å². The van der Waals surface area contributed by atoms with Crippen LogP contribution >= 0.6 is 15.9 Å². The zero-order chi connectivity index (χ0) is 15.0. The molecule has 4 nitrogen and oxygen atoms in total. The van der Waals surface area contributed by atoms with Crippen molar-refractivity contribution in [1.82, 2.24) is 0 Å². The van der Waals surface area contributed by atoms with E-state index >= 15 is 0 Å². The van der Waals surface area contributed by atoms with Crippen molar-refractivity contribution in [3.63, 3.8) is 0 Å². The molecule has 2 aromatic rings. The van der Waals surface area contributed by atoms with Crippen molar-refractivity contribution >= 4 is 33.3 Å². The molecule has 0 saturated heterocycles. The number of anilines is 1. The minimum absolute atomic E-state index is 0.0265. The third-order valence-corrected chi connectivity index (χ3v) is 4.32. The van der Waals surface area contributed by atoms with E-state index in [0.29, 0.717) is 16.8 Å². The number of halogens is 1. The van der Waals surface area contributed by atoms with E-state index in [1.54, 1.807) is 42.5 Å². The Morgan fingerprint density at radius 3 is 2.52 bits per heavy atom. The van der Waals surface area contributed by atoms with E-state index in [0.717, 1.165) is 4.47 Å². The molecule has 0 aliphatic heterocycles. The lowest BCUT2D eigenvalue weighted by atomic mass is 9.98. The van der Waals surface area contributed by atoms with Gasteiger partial charge in [0.25, 0.3) is 5.91 Å². The predicted molar refractivity (Wildman–Crippen MR) is 82.2 cm³/mol. The second-order valence-corrected chi connectivity index (χ2v) is 5.81. The number of aliphatic hydroxyl groups is 1. The lowest BCUT2D eigenvalue weighted by Gasteiger charge is -2.19. The molecule has 2 aromatic carbocycles. The first-order valence-corrected chi connectivity index (χ1v) is 7.23. The van der Waals surface area contributed by atoms with Gasteiger partial charge in [-0.05, 0) is 23.8 Å². The van der Waals surface area contributed by atoms with Crippen LogP contribution in [0.15, 0.2) is 53.0 Å². The van der Waals surface area contributed by atoms with Gasteiger partial charge in [-0.2, -0.15) is 0 Å². The lowest BCUT2D eigenvalue weighted by molar-refractivity contribution is -0.129. The van der Waals surface area contributed by atoms with Gasteiger partial charge < -0.3 is 10.4 Å². The summed E-state index contributed by atoms with van der Waals surface area (Å²) < 4.78 is 0.719. The Balaban J connectivity index is 1.91. The maximum atomic E-state index is 12.4. The van der Waals surface area contributed by atoms with Gasteiger partial charge in [0.15, 0.2) is 0 Å². The molecule has 1 aliphatic rings. The number of para-hydroxylation sites is 1. The van der Waals surface area contributed by atoms with Gasteiger partial charge in [0.05, 0.1) is 0 Å². The smallest absolute Gasteiger partial charge is 0.264 e. The molecule has 0 fully saturated rings. The van der Waals surface area contributed by atoms with Crippen molar-refractivity contribution in [1.29, 1.82) is 0 Å². The van der Waals surface area contributed by atoms with E-state index < -0.39 is 17.3 Å². The largest absolute Gasteiger partial charge is 0.373 e.